The standard InChI is InChI=1S/C18H36O7Si2/c1-22-15(19)12-18(17(21)24-3,13-16(20)23-2)25-10-9-11-27(7,8)14-26(4,5)6/h9-14H2,1-8H3. The van der Waals surface area contributed by atoms with Crippen molar-refractivity contribution in [2.75, 3.05) is 27.9 Å². The van der Waals surface area contributed by atoms with E-state index in [-0.39, 0.29) is 6.61 Å². The third-order valence-corrected chi connectivity index (χ3v) is 14.0. The Morgan fingerprint density at radius 2 is 1.30 bits per heavy atom. The molecule has 0 saturated carbocycles. The molecule has 27 heavy (non-hydrogen) atoms. The van der Waals surface area contributed by atoms with Gasteiger partial charge >= 0.3 is 17.9 Å². The summed E-state index contributed by atoms with van der Waals surface area (Å²) in [5.41, 5.74) is -0.411. The SMILES string of the molecule is COC(=O)CC(CC(=O)OC)(OCCC[Si](C)(C)C[Si](C)(C)C)C(=O)OC. The number of ether oxygens (including phenoxy) is 4. The molecule has 0 atom stereocenters. The third kappa shape index (κ3) is 10.1. The number of hydrogen-bond acceptors (Lipinski definition) is 7. The number of rotatable bonds is 12. The summed E-state index contributed by atoms with van der Waals surface area (Å²) in [4.78, 5) is 36.0. The lowest BCUT2D eigenvalue weighted by Crippen LogP contribution is -2.47. The van der Waals surface area contributed by atoms with Gasteiger partial charge in [-0.1, -0.05) is 44.4 Å². The van der Waals surface area contributed by atoms with Crippen LogP contribution < -0.4 is 0 Å². The van der Waals surface area contributed by atoms with Crippen LogP contribution >= 0.6 is 0 Å². The quantitative estimate of drug-likeness (QED) is 0.207. The lowest BCUT2D eigenvalue weighted by molar-refractivity contribution is -0.182. The summed E-state index contributed by atoms with van der Waals surface area (Å²) in [5, 5.41) is 0. The van der Waals surface area contributed by atoms with Gasteiger partial charge in [0.25, 0.3) is 0 Å². The van der Waals surface area contributed by atoms with Crippen molar-refractivity contribution in [1.82, 2.24) is 0 Å². The first-order valence-electron chi connectivity index (χ1n) is 9.17. The number of hydrogen-bond donors (Lipinski definition) is 0. The van der Waals surface area contributed by atoms with Gasteiger partial charge in [-0.25, -0.2) is 4.79 Å². The zero-order valence-electron chi connectivity index (χ0n) is 18.1. The van der Waals surface area contributed by atoms with Gasteiger partial charge in [0.1, 0.15) is 0 Å². The van der Waals surface area contributed by atoms with Crippen LogP contribution in [0.3, 0.4) is 0 Å². The van der Waals surface area contributed by atoms with E-state index in [1.54, 1.807) is 0 Å². The van der Waals surface area contributed by atoms with Crippen LogP contribution in [0.2, 0.25) is 44.4 Å². The summed E-state index contributed by atoms with van der Waals surface area (Å²) in [7, 11) is 1.12. The van der Waals surface area contributed by atoms with E-state index in [0.717, 1.165) is 12.5 Å². The fourth-order valence-electron chi connectivity index (χ4n) is 3.51. The molecule has 0 amide bonds. The Labute approximate surface area is 165 Å². The monoisotopic (exact) mass is 420 g/mol. The van der Waals surface area contributed by atoms with Gasteiger partial charge in [-0.05, 0) is 6.42 Å². The van der Waals surface area contributed by atoms with Gasteiger partial charge in [-0.15, -0.1) is 0 Å². The summed E-state index contributed by atoms with van der Waals surface area (Å²) in [5.74, 6) is -2.09. The van der Waals surface area contributed by atoms with Gasteiger partial charge in [0.05, 0.1) is 34.2 Å². The maximum Gasteiger partial charge on any atom is 0.339 e. The molecular weight excluding hydrogens is 384 g/mol. The van der Waals surface area contributed by atoms with E-state index in [1.165, 1.54) is 27.0 Å². The smallest absolute Gasteiger partial charge is 0.339 e. The van der Waals surface area contributed by atoms with E-state index in [2.05, 4.69) is 42.2 Å². The summed E-state index contributed by atoms with van der Waals surface area (Å²) in [6.07, 6.45) is -0.0488. The average Bonchev–Trinajstić information content (AvgIpc) is 2.55. The zero-order chi connectivity index (χ0) is 21.3. The number of esters is 3. The molecule has 0 aromatic rings. The Morgan fingerprint density at radius 3 is 1.67 bits per heavy atom. The van der Waals surface area contributed by atoms with Crippen LogP contribution in [0.25, 0.3) is 0 Å². The average molecular weight is 421 g/mol. The molecule has 9 heteroatoms. The highest BCUT2D eigenvalue weighted by Crippen LogP contribution is 2.28. The molecule has 0 bridgehead atoms. The summed E-state index contributed by atoms with van der Waals surface area (Å²) in [6, 6.07) is 1.05. The number of methoxy groups -OCH3 is 3. The van der Waals surface area contributed by atoms with E-state index < -0.39 is 52.5 Å². The highest BCUT2D eigenvalue weighted by atomic mass is 28.4. The Hall–Kier alpha value is -1.20. The van der Waals surface area contributed by atoms with E-state index in [9.17, 15) is 14.4 Å². The van der Waals surface area contributed by atoms with Crippen LogP contribution in [0.4, 0.5) is 0 Å². The fraction of sp³-hybridized carbons (Fsp3) is 0.833. The largest absolute Gasteiger partial charge is 0.469 e. The molecule has 0 aliphatic heterocycles. The van der Waals surface area contributed by atoms with Gasteiger partial charge in [-0.2, -0.15) is 0 Å². The second-order valence-corrected chi connectivity index (χ2v) is 20.2. The van der Waals surface area contributed by atoms with Crippen molar-refractivity contribution in [2.45, 2.75) is 69.3 Å². The van der Waals surface area contributed by atoms with Gasteiger partial charge in [0.2, 0.25) is 0 Å². The lowest BCUT2D eigenvalue weighted by atomic mass is 9.95. The van der Waals surface area contributed by atoms with Gasteiger partial charge in [0.15, 0.2) is 5.60 Å². The van der Waals surface area contributed by atoms with Crippen LogP contribution in [-0.2, 0) is 33.3 Å². The molecule has 0 fully saturated rings. The van der Waals surface area contributed by atoms with Gasteiger partial charge in [0, 0.05) is 22.8 Å². The normalized spacial score (nSPS) is 12.4. The number of carbonyl (C=O) groups is 3. The molecule has 0 aliphatic carbocycles. The van der Waals surface area contributed by atoms with Gasteiger partial charge < -0.3 is 18.9 Å². The minimum Gasteiger partial charge on any atom is -0.469 e. The zero-order valence-corrected chi connectivity index (χ0v) is 20.1. The molecule has 0 saturated heterocycles. The molecular formula is C18H36O7Si2. The molecule has 158 valence electrons. The van der Waals surface area contributed by atoms with E-state index >= 15 is 0 Å². The van der Waals surface area contributed by atoms with E-state index in [1.807, 2.05) is 0 Å². The predicted octanol–water partition coefficient (Wildman–Crippen LogP) is 3.02. The van der Waals surface area contributed by atoms with Crippen molar-refractivity contribution < 1.29 is 33.3 Å². The molecule has 0 radical (unpaired) electrons. The minimum absolute atomic E-state index is 0.255. The second-order valence-electron chi connectivity index (χ2n) is 8.85. The van der Waals surface area contributed by atoms with Crippen LogP contribution in [0, 0.1) is 0 Å². The molecule has 0 N–H and O–H groups in total. The van der Waals surface area contributed by atoms with Crippen molar-refractivity contribution in [2.24, 2.45) is 0 Å². The minimum atomic E-state index is -1.72. The van der Waals surface area contributed by atoms with Crippen molar-refractivity contribution in [3.63, 3.8) is 0 Å². The topological polar surface area (TPSA) is 88.1 Å². The van der Waals surface area contributed by atoms with E-state index in [4.69, 9.17) is 9.47 Å². The van der Waals surface area contributed by atoms with Crippen molar-refractivity contribution in [1.29, 1.82) is 0 Å². The second kappa shape index (κ2) is 11.0. The van der Waals surface area contributed by atoms with Crippen LogP contribution in [0.5, 0.6) is 0 Å². The first kappa shape index (κ1) is 25.8. The maximum absolute atomic E-state index is 12.4. The molecule has 0 rings (SSSR count). The maximum atomic E-state index is 12.4. The molecule has 0 aromatic heterocycles. The molecule has 7 nitrogen and oxygen atoms in total. The summed E-state index contributed by atoms with van der Waals surface area (Å²) < 4.78 is 19.9. The van der Waals surface area contributed by atoms with Crippen LogP contribution in [0.1, 0.15) is 19.3 Å². The van der Waals surface area contributed by atoms with E-state index in [0.29, 0.717) is 0 Å². The number of carbonyl (C=O) groups excluding carboxylic acids is 3. The lowest BCUT2D eigenvalue weighted by Gasteiger charge is -2.31. The first-order valence-corrected chi connectivity index (χ1v) is 16.3. The highest BCUT2D eigenvalue weighted by molar-refractivity contribution is 6.94. The molecule has 0 heterocycles. The summed E-state index contributed by atoms with van der Waals surface area (Å²) >= 11 is 0. The Bertz CT molecular complexity index is 494. The fourth-order valence-corrected chi connectivity index (χ4v) is 16.8. The molecule has 0 aliphatic rings. The Morgan fingerprint density at radius 1 is 0.815 bits per heavy atom. The van der Waals surface area contributed by atoms with Crippen LogP contribution in [-0.4, -0.2) is 67.6 Å². The van der Waals surface area contributed by atoms with Crippen LogP contribution in [0.15, 0.2) is 0 Å². The highest BCUT2D eigenvalue weighted by Gasteiger charge is 2.46. The van der Waals surface area contributed by atoms with Crippen molar-refractivity contribution in [3.05, 3.63) is 0 Å². The predicted molar refractivity (Wildman–Crippen MR) is 109 cm³/mol. The van der Waals surface area contributed by atoms with Gasteiger partial charge in [-0.3, -0.25) is 9.59 Å². The first-order chi connectivity index (χ1) is 12.3. The Balaban J connectivity index is 5.15. The van der Waals surface area contributed by atoms with Crippen molar-refractivity contribution >= 4 is 34.1 Å². The molecule has 0 spiro atoms. The molecule has 0 aromatic carbocycles. The molecule has 0 unspecified atom stereocenters. The Kier molecular flexibility index (Phi) is 10.5. The summed E-state index contributed by atoms with van der Waals surface area (Å²) in [6.45, 7) is 12.1. The third-order valence-electron chi connectivity index (χ3n) is 4.26. The van der Waals surface area contributed by atoms with Crippen molar-refractivity contribution in [3.8, 4) is 0 Å².